The lowest BCUT2D eigenvalue weighted by Gasteiger charge is -2.10. The molecule has 31 heavy (non-hydrogen) atoms. The maximum Gasteiger partial charge on any atom is 0.416 e. The van der Waals surface area contributed by atoms with E-state index >= 15 is 0 Å². The van der Waals surface area contributed by atoms with Gasteiger partial charge in [-0.15, -0.1) is 0 Å². The zero-order chi connectivity index (χ0) is 22.2. The quantitative estimate of drug-likeness (QED) is 0.474. The number of anilines is 1. The number of nitrogens with zero attached hydrogens (tertiary/aromatic N) is 4. The van der Waals surface area contributed by atoms with E-state index < -0.39 is 17.6 Å². The van der Waals surface area contributed by atoms with E-state index in [0.29, 0.717) is 17.6 Å². The molecule has 0 spiro atoms. The van der Waals surface area contributed by atoms with Crippen LogP contribution in [0.2, 0.25) is 5.02 Å². The normalized spacial score (nSPS) is 11.6. The second-order valence-electron chi connectivity index (χ2n) is 6.82. The number of benzene rings is 1. The molecule has 0 bridgehead atoms. The highest BCUT2D eigenvalue weighted by Gasteiger charge is 2.30. The van der Waals surface area contributed by atoms with Crippen molar-refractivity contribution in [2.45, 2.75) is 19.6 Å². The van der Waals surface area contributed by atoms with Crippen LogP contribution in [0.3, 0.4) is 0 Å². The Bertz CT molecular complexity index is 1270. The number of pyridine rings is 2. The zero-order valence-electron chi connectivity index (χ0n) is 16.1. The van der Waals surface area contributed by atoms with Gasteiger partial charge in [-0.1, -0.05) is 17.7 Å². The van der Waals surface area contributed by atoms with E-state index in [1.807, 2.05) is 25.1 Å². The van der Waals surface area contributed by atoms with Gasteiger partial charge in [-0.25, -0.2) is 9.67 Å². The van der Waals surface area contributed by atoms with Gasteiger partial charge in [0.25, 0.3) is 5.91 Å². The minimum Gasteiger partial charge on any atom is -0.322 e. The van der Waals surface area contributed by atoms with Crippen molar-refractivity contribution in [3.8, 4) is 0 Å². The molecule has 0 saturated heterocycles. The van der Waals surface area contributed by atoms with Gasteiger partial charge < -0.3 is 5.32 Å². The van der Waals surface area contributed by atoms with E-state index in [0.717, 1.165) is 23.5 Å². The van der Waals surface area contributed by atoms with Crippen molar-refractivity contribution in [3.05, 3.63) is 82.4 Å². The second-order valence-corrected chi connectivity index (χ2v) is 7.20. The van der Waals surface area contributed by atoms with Gasteiger partial charge in [0, 0.05) is 17.6 Å². The standard InChI is InChI=1S/C21H15ClF3N5O/c1-12-3-2-4-15(28-12)11-30-19-16(10-27-30)18(22)17(9-26-19)20(31)29-14-7-5-13(6-8-14)21(23,24)25/h2-10H,11H2,1H3,(H,29,31). The third kappa shape index (κ3) is 4.36. The van der Waals surface area contributed by atoms with Crippen molar-refractivity contribution in [1.82, 2.24) is 19.7 Å². The van der Waals surface area contributed by atoms with Gasteiger partial charge in [-0.2, -0.15) is 18.3 Å². The molecule has 0 saturated carbocycles. The highest BCUT2D eigenvalue weighted by molar-refractivity contribution is 6.38. The minimum atomic E-state index is -4.45. The molecule has 10 heteroatoms. The Morgan fingerprint density at radius 2 is 1.87 bits per heavy atom. The predicted octanol–water partition coefficient (Wildman–Crippen LogP) is 5.11. The summed E-state index contributed by atoms with van der Waals surface area (Å²) in [5, 5.41) is 7.45. The number of fused-ring (bicyclic) bond motifs is 1. The Kier molecular flexibility index (Phi) is 5.36. The molecule has 1 N–H and O–H groups in total. The van der Waals surface area contributed by atoms with Gasteiger partial charge in [0.1, 0.15) is 0 Å². The monoisotopic (exact) mass is 445 g/mol. The Hall–Kier alpha value is -3.46. The van der Waals surface area contributed by atoms with E-state index in [1.165, 1.54) is 24.5 Å². The SMILES string of the molecule is Cc1cccc(Cn2ncc3c(Cl)c(C(=O)Nc4ccc(C(F)(F)F)cc4)cnc32)n1. The number of nitrogens with one attached hydrogen (secondary N) is 1. The van der Waals surface area contributed by atoms with Crippen molar-refractivity contribution >= 4 is 34.2 Å². The number of alkyl halides is 3. The maximum absolute atomic E-state index is 12.7. The Balaban J connectivity index is 1.57. The number of carbonyl (C=O) groups is 1. The fourth-order valence-corrected chi connectivity index (χ4v) is 3.32. The second kappa shape index (κ2) is 7.99. The number of hydrogen-bond donors (Lipinski definition) is 1. The third-order valence-electron chi connectivity index (χ3n) is 4.57. The van der Waals surface area contributed by atoms with Gasteiger partial charge in [-0.3, -0.25) is 9.78 Å². The summed E-state index contributed by atoms with van der Waals surface area (Å²) < 4.78 is 39.7. The topological polar surface area (TPSA) is 72.7 Å². The summed E-state index contributed by atoms with van der Waals surface area (Å²) in [6.45, 7) is 2.27. The first-order valence-corrected chi connectivity index (χ1v) is 9.51. The summed E-state index contributed by atoms with van der Waals surface area (Å²) in [6.07, 6.45) is -1.63. The summed E-state index contributed by atoms with van der Waals surface area (Å²) in [5.41, 5.74) is 1.65. The number of aromatic nitrogens is 4. The molecule has 0 aliphatic rings. The van der Waals surface area contributed by atoms with Crippen molar-refractivity contribution in [2.24, 2.45) is 0 Å². The molecule has 0 radical (unpaired) electrons. The number of amides is 1. The molecule has 0 aliphatic carbocycles. The first-order chi connectivity index (χ1) is 14.7. The molecule has 0 unspecified atom stereocenters. The van der Waals surface area contributed by atoms with E-state index in [4.69, 9.17) is 11.6 Å². The number of rotatable bonds is 4. The number of aryl methyl sites for hydroxylation is 1. The first kappa shape index (κ1) is 20.8. The summed E-state index contributed by atoms with van der Waals surface area (Å²) >= 11 is 6.41. The lowest BCUT2D eigenvalue weighted by Crippen LogP contribution is -2.14. The van der Waals surface area contributed by atoms with Crippen LogP contribution in [0.4, 0.5) is 18.9 Å². The van der Waals surface area contributed by atoms with Crippen LogP contribution in [0.15, 0.2) is 54.9 Å². The van der Waals surface area contributed by atoms with Crippen molar-refractivity contribution in [2.75, 3.05) is 5.32 Å². The van der Waals surface area contributed by atoms with E-state index in [-0.39, 0.29) is 16.3 Å². The molecule has 4 aromatic rings. The summed E-state index contributed by atoms with van der Waals surface area (Å²) in [4.78, 5) is 21.3. The smallest absolute Gasteiger partial charge is 0.322 e. The van der Waals surface area contributed by atoms with Gasteiger partial charge in [-0.05, 0) is 43.3 Å². The average molecular weight is 446 g/mol. The van der Waals surface area contributed by atoms with Crippen LogP contribution in [-0.4, -0.2) is 25.7 Å². The van der Waals surface area contributed by atoms with Crippen LogP contribution in [0.25, 0.3) is 11.0 Å². The fraction of sp³-hybridized carbons (Fsp3) is 0.143. The lowest BCUT2D eigenvalue weighted by atomic mass is 10.2. The highest BCUT2D eigenvalue weighted by atomic mass is 35.5. The number of halogens is 4. The molecule has 0 fully saturated rings. The fourth-order valence-electron chi connectivity index (χ4n) is 3.05. The number of carbonyl (C=O) groups excluding carboxylic acids is 1. The van der Waals surface area contributed by atoms with Crippen LogP contribution < -0.4 is 5.32 Å². The van der Waals surface area contributed by atoms with Gasteiger partial charge in [0.05, 0.1) is 40.0 Å². The Morgan fingerprint density at radius 3 is 2.55 bits per heavy atom. The van der Waals surface area contributed by atoms with Crippen LogP contribution in [0.5, 0.6) is 0 Å². The van der Waals surface area contributed by atoms with E-state index in [9.17, 15) is 18.0 Å². The predicted molar refractivity (Wildman–Crippen MR) is 110 cm³/mol. The molecule has 4 rings (SSSR count). The van der Waals surface area contributed by atoms with Gasteiger partial charge in [0.2, 0.25) is 0 Å². The highest BCUT2D eigenvalue weighted by Crippen LogP contribution is 2.30. The average Bonchev–Trinajstić information content (AvgIpc) is 3.11. The summed E-state index contributed by atoms with van der Waals surface area (Å²) in [5.74, 6) is -0.591. The molecule has 0 aliphatic heterocycles. The molecule has 0 atom stereocenters. The van der Waals surface area contributed by atoms with Crippen LogP contribution in [0.1, 0.15) is 27.3 Å². The minimum absolute atomic E-state index is 0.0855. The molecule has 6 nitrogen and oxygen atoms in total. The third-order valence-corrected chi connectivity index (χ3v) is 4.98. The number of hydrogen-bond acceptors (Lipinski definition) is 4. The summed E-state index contributed by atoms with van der Waals surface area (Å²) in [6, 6.07) is 9.79. The van der Waals surface area contributed by atoms with E-state index in [2.05, 4.69) is 20.4 Å². The lowest BCUT2D eigenvalue weighted by molar-refractivity contribution is -0.137. The van der Waals surface area contributed by atoms with Crippen molar-refractivity contribution in [1.29, 1.82) is 0 Å². The summed E-state index contributed by atoms with van der Waals surface area (Å²) in [7, 11) is 0. The van der Waals surface area contributed by atoms with Crippen molar-refractivity contribution < 1.29 is 18.0 Å². The maximum atomic E-state index is 12.7. The molecule has 3 aromatic heterocycles. The zero-order valence-corrected chi connectivity index (χ0v) is 16.9. The molecule has 1 aromatic carbocycles. The van der Waals surface area contributed by atoms with Crippen LogP contribution in [-0.2, 0) is 12.7 Å². The Morgan fingerprint density at radius 1 is 1.13 bits per heavy atom. The molecular formula is C21H15ClF3N5O. The Labute approximate surface area is 179 Å². The van der Waals surface area contributed by atoms with E-state index in [1.54, 1.807) is 4.68 Å². The molecule has 1 amide bonds. The van der Waals surface area contributed by atoms with Crippen LogP contribution >= 0.6 is 11.6 Å². The van der Waals surface area contributed by atoms with Gasteiger partial charge >= 0.3 is 6.18 Å². The molecule has 158 valence electrons. The van der Waals surface area contributed by atoms with Crippen molar-refractivity contribution in [3.63, 3.8) is 0 Å². The molecular weight excluding hydrogens is 431 g/mol. The first-order valence-electron chi connectivity index (χ1n) is 9.13. The van der Waals surface area contributed by atoms with Gasteiger partial charge in [0.15, 0.2) is 5.65 Å². The molecule has 3 heterocycles. The van der Waals surface area contributed by atoms with Crippen LogP contribution in [0, 0.1) is 6.92 Å². The largest absolute Gasteiger partial charge is 0.416 e.